The molecule has 0 saturated carbocycles. The van der Waals surface area contributed by atoms with Crippen molar-refractivity contribution in [3.05, 3.63) is 24.2 Å². The summed E-state index contributed by atoms with van der Waals surface area (Å²) in [5.74, 6) is 0.909. The first kappa shape index (κ1) is 17.1. The second-order valence-electron chi connectivity index (χ2n) is 6.32. The van der Waals surface area contributed by atoms with E-state index in [1.165, 1.54) is 0 Å². The van der Waals surface area contributed by atoms with Crippen molar-refractivity contribution in [2.75, 3.05) is 12.3 Å². The summed E-state index contributed by atoms with van der Waals surface area (Å²) in [6.07, 6.45) is 2.97. The number of aryl methyl sites for hydroxylation is 1. The highest BCUT2D eigenvalue weighted by Crippen LogP contribution is 2.36. The predicted octanol–water partition coefficient (Wildman–Crippen LogP) is 3.21. The van der Waals surface area contributed by atoms with Gasteiger partial charge in [-0.15, -0.1) is 0 Å². The van der Waals surface area contributed by atoms with E-state index >= 15 is 0 Å². The van der Waals surface area contributed by atoms with E-state index in [9.17, 15) is 14.7 Å². The third kappa shape index (κ3) is 3.08. The zero-order chi connectivity index (χ0) is 16.3. The van der Waals surface area contributed by atoms with Gasteiger partial charge < -0.3 is 9.52 Å². The minimum atomic E-state index is -1.04. The van der Waals surface area contributed by atoms with Gasteiger partial charge in [-0.25, -0.2) is 4.79 Å². The first-order valence-corrected chi connectivity index (χ1v) is 8.34. The van der Waals surface area contributed by atoms with Gasteiger partial charge in [0.15, 0.2) is 0 Å². The Bertz CT molecular complexity index is 530. The number of quaternary nitrogens is 1. The molecule has 2 unspecified atom stereocenters. The Morgan fingerprint density at radius 1 is 1.55 bits per heavy atom. The summed E-state index contributed by atoms with van der Waals surface area (Å²) in [6, 6.07) is 3.57. The molecule has 122 valence electrons. The summed E-state index contributed by atoms with van der Waals surface area (Å²) in [4.78, 5) is 24.5. The molecule has 2 heterocycles. The van der Waals surface area contributed by atoms with Crippen molar-refractivity contribution in [1.29, 1.82) is 0 Å². The van der Waals surface area contributed by atoms with Crippen LogP contribution in [0.25, 0.3) is 0 Å². The molecule has 1 aromatic rings. The van der Waals surface area contributed by atoms with Crippen LogP contribution in [0.2, 0.25) is 0 Å². The number of carbonyl (C=O) groups is 2. The van der Waals surface area contributed by atoms with Crippen LogP contribution in [0.5, 0.6) is 0 Å². The number of rotatable bonds is 5. The normalized spacial score (nSPS) is 29.4. The number of furan rings is 1. The summed E-state index contributed by atoms with van der Waals surface area (Å²) in [5, 5.41) is 9.73. The van der Waals surface area contributed by atoms with Gasteiger partial charge in [0.25, 0.3) is 0 Å². The number of hydrogen-bond donors (Lipinski definition) is 2. The molecule has 4 atom stereocenters. The topological polar surface area (TPSA) is 67.5 Å². The van der Waals surface area contributed by atoms with Crippen LogP contribution < -0.4 is 0 Å². The fourth-order valence-electron chi connectivity index (χ4n) is 3.47. The molecule has 0 radical (unpaired) electrons. The Kier molecular flexibility index (Phi) is 5.34. The fraction of sp³-hybridized carbons (Fsp3) is 0.625. The number of amides is 2. The van der Waals surface area contributed by atoms with Gasteiger partial charge in [0.1, 0.15) is 11.8 Å². The zero-order valence-electron chi connectivity index (χ0n) is 13.1. The smallest absolute Gasteiger partial charge is 0.469 e. The molecule has 5 nitrogen and oxygen atoms in total. The van der Waals surface area contributed by atoms with Gasteiger partial charge in [0, 0.05) is 24.5 Å². The van der Waals surface area contributed by atoms with E-state index in [0.717, 1.165) is 25.0 Å². The lowest BCUT2D eigenvalue weighted by molar-refractivity contribution is -0.795. The van der Waals surface area contributed by atoms with Crippen LogP contribution in [-0.4, -0.2) is 39.9 Å². The number of thiol groups is 1. The van der Waals surface area contributed by atoms with Gasteiger partial charge in [0.2, 0.25) is 0 Å². The minimum absolute atomic E-state index is 0.200. The number of carbonyl (C=O) groups excluding carboxylic acids is 1. The molecule has 1 saturated heterocycles. The van der Waals surface area contributed by atoms with Crippen molar-refractivity contribution in [1.82, 2.24) is 0 Å². The van der Waals surface area contributed by atoms with E-state index in [4.69, 9.17) is 4.42 Å². The summed E-state index contributed by atoms with van der Waals surface area (Å²) in [5.41, 5.74) is 0. The lowest BCUT2D eigenvalue weighted by atomic mass is 10.00. The molecular weight excluding hydrogens is 302 g/mol. The Balaban J connectivity index is 2.11. The van der Waals surface area contributed by atoms with E-state index in [2.05, 4.69) is 12.6 Å². The van der Waals surface area contributed by atoms with Crippen molar-refractivity contribution in [3.8, 4) is 0 Å². The van der Waals surface area contributed by atoms with Crippen LogP contribution in [0, 0.1) is 11.8 Å². The average molecular weight is 326 g/mol. The Morgan fingerprint density at radius 3 is 2.82 bits per heavy atom. The van der Waals surface area contributed by atoms with Crippen LogP contribution in [0.15, 0.2) is 22.8 Å². The van der Waals surface area contributed by atoms with Crippen LogP contribution >= 0.6 is 12.6 Å². The van der Waals surface area contributed by atoms with E-state index in [0.29, 0.717) is 12.3 Å². The van der Waals surface area contributed by atoms with E-state index in [1.54, 1.807) is 13.2 Å². The summed E-state index contributed by atoms with van der Waals surface area (Å²) < 4.78 is 4.87. The van der Waals surface area contributed by atoms with E-state index in [1.807, 2.05) is 19.1 Å². The molecule has 0 bridgehead atoms. The number of hydrogen-bond acceptors (Lipinski definition) is 4. The fourth-order valence-corrected chi connectivity index (χ4v) is 3.63. The average Bonchev–Trinajstić information content (AvgIpc) is 3.11. The monoisotopic (exact) mass is 326 g/mol. The van der Waals surface area contributed by atoms with Crippen molar-refractivity contribution in [2.45, 2.75) is 39.2 Å². The van der Waals surface area contributed by atoms with Gasteiger partial charge in [-0.2, -0.15) is 21.9 Å². The van der Waals surface area contributed by atoms with Crippen LogP contribution in [0.3, 0.4) is 0 Å². The number of nitrogens with zero attached hydrogens (tertiary/aromatic N) is 1. The van der Waals surface area contributed by atoms with E-state index < -0.39 is 10.6 Å². The van der Waals surface area contributed by atoms with Crippen molar-refractivity contribution < 1.29 is 23.6 Å². The Morgan fingerprint density at radius 2 is 2.27 bits per heavy atom. The third-order valence-electron chi connectivity index (χ3n) is 4.78. The molecule has 0 spiro atoms. The quantitative estimate of drug-likeness (QED) is 0.644. The summed E-state index contributed by atoms with van der Waals surface area (Å²) >= 11 is 4.15. The molecule has 0 aromatic carbocycles. The van der Waals surface area contributed by atoms with Crippen LogP contribution in [0.4, 0.5) is 4.79 Å². The largest absolute Gasteiger partial charge is 0.521 e. The van der Waals surface area contributed by atoms with Gasteiger partial charge in [-0.3, -0.25) is 0 Å². The molecule has 1 fully saturated rings. The predicted molar refractivity (Wildman–Crippen MR) is 85.8 cm³/mol. The summed E-state index contributed by atoms with van der Waals surface area (Å²) in [7, 11) is 0. The molecule has 2 rings (SSSR count). The van der Waals surface area contributed by atoms with Crippen molar-refractivity contribution in [2.24, 2.45) is 11.8 Å². The molecule has 0 aliphatic carbocycles. The Hall–Kier alpha value is -1.27. The van der Waals surface area contributed by atoms with E-state index in [-0.39, 0.29) is 23.8 Å². The molecule has 2 amide bonds. The molecule has 22 heavy (non-hydrogen) atoms. The first-order valence-electron chi connectivity index (χ1n) is 7.70. The SMILES string of the molecule is CC(CS)C(=O)[N@+]1(C(=O)O)C[C@@H](CCc2ccco2)CC1C. The molecule has 1 N–H and O–H groups in total. The van der Waals surface area contributed by atoms with Crippen LogP contribution in [0.1, 0.15) is 32.4 Å². The number of imide groups is 1. The summed E-state index contributed by atoms with van der Waals surface area (Å²) in [6.45, 7) is 3.99. The van der Waals surface area contributed by atoms with Crippen molar-refractivity contribution in [3.63, 3.8) is 0 Å². The molecule has 6 heteroatoms. The highest BCUT2D eigenvalue weighted by Gasteiger charge is 2.56. The first-order chi connectivity index (χ1) is 10.4. The second-order valence-corrected chi connectivity index (χ2v) is 6.69. The lowest BCUT2D eigenvalue weighted by Crippen LogP contribution is -2.60. The maximum absolute atomic E-state index is 12.7. The molecule has 1 aliphatic heterocycles. The molecule has 1 aromatic heterocycles. The van der Waals surface area contributed by atoms with Gasteiger partial charge in [0.05, 0.1) is 18.7 Å². The lowest BCUT2D eigenvalue weighted by Gasteiger charge is -2.31. The highest BCUT2D eigenvalue weighted by atomic mass is 32.1. The maximum atomic E-state index is 12.7. The zero-order valence-corrected chi connectivity index (χ0v) is 14.0. The van der Waals surface area contributed by atoms with Gasteiger partial charge in [-0.05, 0) is 32.4 Å². The minimum Gasteiger partial charge on any atom is -0.469 e. The maximum Gasteiger partial charge on any atom is 0.521 e. The molecule has 1 aliphatic rings. The van der Waals surface area contributed by atoms with Crippen molar-refractivity contribution >= 4 is 24.6 Å². The van der Waals surface area contributed by atoms with Crippen LogP contribution in [-0.2, 0) is 11.2 Å². The molecular formula is C16H24NO4S+. The highest BCUT2D eigenvalue weighted by molar-refractivity contribution is 7.80. The standard InChI is InChI=1S/C16H23NO4S/c1-11(10-22)15(18)17(16(19)20)9-13(8-12(17)2)5-6-14-4-3-7-21-14/h3-4,7,11-13H,5-6,8-10H2,1-2H3,(H-,19,20,22)/p+1/t11?,12?,13-,17-/m0/s1. The second kappa shape index (κ2) is 6.87. The number of likely N-dealkylation sites (tertiary alicyclic amines) is 1. The third-order valence-corrected chi connectivity index (χ3v) is 5.33. The van der Waals surface area contributed by atoms with Gasteiger partial charge >= 0.3 is 12.0 Å². The van der Waals surface area contributed by atoms with Gasteiger partial charge in [-0.1, -0.05) is 0 Å². The Labute approximate surface area is 136 Å². The number of carboxylic acid groups (broad SMARTS) is 1.